The van der Waals surface area contributed by atoms with Gasteiger partial charge in [0.2, 0.25) is 0 Å². The summed E-state index contributed by atoms with van der Waals surface area (Å²) in [6.45, 7) is 2.84. The molecule has 0 fully saturated rings. The Bertz CT molecular complexity index is 514. The van der Waals surface area contributed by atoms with E-state index >= 15 is 0 Å². The molecular weight excluding hydrogens is 428 g/mol. The van der Waals surface area contributed by atoms with Crippen LogP contribution in [0.3, 0.4) is 0 Å². The number of ether oxygens (including phenoxy) is 1. The molecule has 2 nitrogen and oxygen atoms in total. The summed E-state index contributed by atoms with van der Waals surface area (Å²) in [4.78, 5) is 4.42. The molecule has 0 aliphatic carbocycles. The fourth-order valence-electron chi connectivity index (χ4n) is 1.49. The lowest BCUT2D eigenvalue weighted by Gasteiger charge is -2.11. The van der Waals surface area contributed by atoms with E-state index in [1.807, 2.05) is 12.3 Å². The third-order valence-corrected chi connectivity index (χ3v) is 3.89. The molecule has 1 heterocycles. The summed E-state index contributed by atoms with van der Waals surface area (Å²) in [6.07, 6.45) is 2.82. The normalized spacial score (nSPS) is 10.7. The highest BCUT2D eigenvalue weighted by atomic mass is 127. The van der Waals surface area contributed by atoms with Crippen LogP contribution in [0, 0.1) is 7.14 Å². The van der Waals surface area contributed by atoms with Crippen molar-refractivity contribution in [1.82, 2.24) is 4.98 Å². The van der Waals surface area contributed by atoms with Crippen LogP contribution in [0.5, 0.6) is 5.75 Å². The fraction of sp³-hybridized carbons (Fsp3) is 0.250. The first kappa shape index (κ1) is 12.3. The van der Waals surface area contributed by atoms with Crippen molar-refractivity contribution < 1.29 is 4.74 Å². The van der Waals surface area contributed by atoms with Gasteiger partial charge in [-0.05, 0) is 63.7 Å². The van der Waals surface area contributed by atoms with Gasteiger partial charge in [-0.3, -0.25) is 4.98 Å². The van der Waals surface area contributed by atoms with Crippen molar-refractivity contribution >= 4 is 56.1 Å². The summed E-state index contributed by atoms with van der Waals surface area (Å²) >= 11 is 4.64. The van der Waals surface area contributed by atoms with Crippen molar-refractivity contribution in [2.24, 2.45) is 0 Å². The number of pyridine rings is 1. The highest BCUT2D eigenvalue weighted by molar-refractivity contribution is 14.1. The molecule has 2 aromatic rings. The SMILES string of the molecule is CCCOc1c(I)cc(I)c2cccnc12. The van der Waals surface area contributed by atoms with Gasteiger partial charge in [-0.2, -0.15) is 0 Å². The standard InChI is InChI=1S/C12H11I2NO/c1-2-6-16-12-10(14)7-9(13)8-4-3-5-15-11(8)12/h3-5,7H,2,6H2,1H3. The molecule has 0 radical (unpaired) electrons. The molecule has 0 amide bonds. The van der Waals surface area contributed by atoms with Crippen molar-refractivity contribution in [3.63, 3.8) is 0 Å². The monoisotopic (exact) mass is 439 g/mol. The summed E-state index contributed by atoms with van der Waals surface area (Å²) < 4.78 is 8.12. The summed E-state index contributed by atoms with van der Waals surface area (Å²) in [7, 11) is 0. The van der Waals surface area contributed by atoms with Gasteiger partial charge in [0.25, 0.3) is 0 Å². The molecule has 1 aromatic heterocycles. The number of hydrogen-bond acceptors (Lipinski definition) is 2. The molecule has 84 valence electrons. The van der Waals surface area contributed by atoms with Crippen LogP contribution in [0.2, 0.25) is 0 Å². The van der Waals surface area contributed by atoms with Crippen LogP contribution in [0.15, 0.2) is 24.4 Å². The van der Waals surface area contributed by atoms with Gasteiger partial charge in [-0.15, -0.1) is 0 Å². The Labute approximate surface area is 122 Å². The highest BCUT2D eigenvalue weighted by Crippen LogP contribution is 2.32. The molecule has 0 saturated heterocycles. The fourth-order valence-corrected chi connectivity index (χ4v) is 3.55. The van der Waals surface area contributed by atoms with Crippen LogP contribution < -0.4 is 4.74 Å². The molecule has 0 unspecified atom stereocenters. The number of fused-ring (bicyclic) bond motifs is 1. The minimum absolute atomic E-state index is 0.738. The van der Waals surface area contributed by atoms with Gasteiger partial charge in [0, 0.05) is 15.2 Å². The van der Waals surface area contributed by atoms with Gasteiger partial charge < -0.3 is 4.74 Å². The molecule has 0 aliphatic rings. The smallest absolute Gasteiger partial charge is 0.158 e. The minimum Gasteiger partial charge on any atom is -0.490 e. The maximum Gasteiger partial charge on any atom is 0.158 e. The van der Waals surface area contributed by atoms with Crippen molar-refractivity contribution in [3.8, 4) is 5.75 Å². The van der Waals surface area contributed by atoms with E-state index < -0.39 is 0 Å². The minimum atomic E-state index is 0.738. The van der Waals surface area contributed by atoms with Crippen LogP contribution >= 0.6 is 45.2 Å². The second-order valence-corrected chi connectivity index (χ2v) is 5.74. The number of halogens is 2. The number of aromatic nitrogens is 1. The zero-order valence-corrected chi connectivity index (χ0v) is 13.2. The number of benzene rings is 1. The van der Waals surface area contributed by atoms with Crippen LogP contribution in [0.1, 0.15) is 13.3 Å². The molecule has 16 heavy (non-hydrogen) atoms. The van der Waals surface area contributed by atoms with E-state index in [9.17, 15) is 0 Å². The van der Waals surface area contributed by atoms with E-state index in [1.165, 1.54) is 3.57 Å². The highest BCUT2D eigenvalue weighted by Gasteiger charge is 2.11. The average molecular weight is 439 g/mol. The molecule has 0 saturated carbocycles. The third-order valence-electron chi connectivity index (χ3n) is 2.20. The maximum absolute atomic E-state index is 5.78. The Morgan fingerprint density at radius 3 is 2.88 bits per heavy atom. The average Bonchev–Trinajstić information content (AvgIpc) is 2.29. The molecule has 0 atom stereocenters. The van der Waals surface area contributed by atoms with E-state index in [-0.39, 0.29) is 0 Å². The van der Waals surface area contributed by atoms with Gasteiger partial charge in [-0.25, -0.2) is 0 Å². The Morgan fingerprint density at radius 2 is 2.12 bits per heavy atom. The van der Waals surface area contributed by atoms with Crippen LogP contribution in [0.4, 0.5) is 0 Å². The summed E-state index contributed by atoms with van der Waals surface area (Å²) in [5, 5.41) is 1.16. The van der Waals surface area contributed by atoms with Gasteiger partial charge in [0.1, 0.15) is 5.52 Å². The molecule has 4 heteroatoms. The van der Waals surface area contributed by atoms with Crippen molar-refractivity contribution in [2.45, 2.75) is 13.3 Å². The molecule has 0 spiro atoms. The third kappa shape index (κ3) is 2.42. The lowest BCUT2D eigenvalue weighted by atomic mass is 10.2. The summed E-state index contributed by atoms with van der Waals surface area (Å²) in [5.41, 5.74) is 0.965. The predicted octanol–water partition coefficient (Wildman–Crippen LogP) is 4.23. The Balaban J connectivity index is 2.61. The van der Waals surface area contributed by atoms with Crippen LogP contribution in [0.25, 0.3) is 10.9 Å². The Hall–Kier alpha value is -0.110. The first-order chi connectivity index (χ1) is 7.74. The lowest BCUT2D eigenvalue weighted by molar-refractivity contribution is 0.318. The largest absolute Gasteiger partial charge is 0.490 e. The van der Waals surface area contributed by atoms with Crippen molar-refractivity contribution in [3.05, 3.63) is 31.5 Å². The van der Waals surface area contributed by atoms with E-state index in [0.29, 0.717) is 0 Å². The van der Waals surface area contributed by atoms with E-state index in [4.69, 9.17) is 4.74 Å². The van der Waals surface area contributed by atoms with Gasteiger partial charge in [0.15, 0.2) is 5.75 Å². The zero-order chi connectivity index (χ0) is 11.5. The number of hydrogen-bond donors (Lipinski definition) is 0. The van der Waals surface area contributed by atoms with E-state index in [1.54, 1.807) is 0 Å². The Morgan fingerprint density at radius 1 is 1.31 bits per heavy atom. The zero-order valence-electron chi connectivity index (χ0n) is 8.84. The predicted molar refractivity (Wildman–Crippen MR) is 83.0 cm³/mol. The molecule has 2 rings (SSSR count). The first-order valence-corrected chi connectivity index (χ1v) is 7.25. The van der Waals surface area contributed by atoms with Crippen molar-refractivity contribution in [1.29, 1.82) is 0 Å². The summed E-state index contributed by atoms with van der Waals surface area (Å²) in [5.74, 6) is 0.915. The van der Waals surface area contributed by atoms with Crippen LogP contribution in [-0.4, -0.2) is 11.6 Å². The van der Waals surface area contributed by atoms with E-state index in [0.717, 1.165) is 33.3 Å². The quantitative estimate of drug-likeness (QED) is 0.669. The van der Waals surface area contributed by atoms with Crippen LogP contribution in [-0.2, 0) is 0 Å². The Kier molecular flexibility index (Phi) is 4.23. The van der Waals surface area contributed by atoms with Crippen molar-refractivity contribution in [2.75, 3.05) is 6.61 Å². The number of nitrogens with zero attached hydrogens (tertiary/aromatic N) is 1. The summed E-state index contributed by atoms with van der Waals surface area (Å²) in [6, 6.07) is 6.18. The maximum atomic E-state index is 5.78. The first-order valence-electron chi connectivity index (χ1n) is 5.09. The van der Waals surface area contributed by atoms with E-state index in [2.05, 4.69) is 69.2 Å². The second kappa shape index (κ2) is 5.48. The van der Waals surface area contributed by atoms with Gasteiger partial charge in [-0.1, -0.05) is 13.0 Å². The number of rotatable bonds is 3. The van der Waals surface area contributed by atoms with Gasteiger partial charge in [0.05, 0.1) is 10.2 Å². The second-order valence-electron chi connectivity index (χ2n) is 3.42. The molecule has 0 bridgehead atoms. The molecule has 0 aliphatic heterocycles. The molecule has 0 N–H and O–H groups in total. The molecular formula is C12H11I2NO. The lowest BCUT2D eigenvalue weighted by Crippen LogP contribution is -1.99. The van der Waals surface area contributed by atoms with Gasteiger partial charge >= 0.3 is 0 Å². The topological polar surface area (TPSA) is 22.1 Å². The molecule has 1 aromatic carbocycles.